The Morgan fingerprint density at radius 1 is 0.719 bits per heavy atom. The number of fused-ring (bicyclic) bond motifs is 2. The zero-order chi connectivity index (χ0) is 42.2. The number of imidazole rings is 2. The first-order valence-electron chi connectivity index (χ1n) is 17.7. The quantitative estimate of drug-likeness (QED) is 0.124. The van der Waals surface area contributed by atoms with Gasteiger partial charge in [-0.15, -0.1) is 0 Å². The van der Waals surface area contributed by atoms with E-state index in [-0.39, 0.29) is 46.6 Å². The second-order valence-electron chi connectivity index (χ2n) is 14.4. The van der Waals surface area contributed by atoms with Gasteiger partial charge in [-0.05, 0) is 88.1 Å². The third kappa shape index (κ3) is 10.4. The lowest BCUT2D eigenvalue weighted by Crippen LogP contribution is -2.30. The average molecular weight is 783 g/mol. The van der Waals surface area contributed by atoms with Gasteiger partial charge >= 0.3 is 5.97 Å². The molecule has 57 heavy (non-hydrogen) atoms. The number of nitrogens with one attached hydrogen (secondary N) is 1. The number of carbonyl (C=O) groups is 2. The fraction of sp³-hybridized carbons (Fsp3) is 0.286. The lowest BCUT2D eigenvalue weighted by Gasteiger charge is -2.19. The van der Waals surface area contributed by atoms with Gasteiger partial charge in [-0.2, -0.15) is 10.5 Å². The molecule has 0 aliphatic carbocycles. The maximum absolute atomic E-state index is 14.0. The number of aromatic nitrogens is 4. The molecule has 6 rings (SSSR count). The van der Waals surface area contributed by atoms with E-state index >= 15 is 0 Å². The number of carboxylic acid groups (broad SMARTS) is 1. The number of benzene rings is 4. The van der Waals surface area contributed by atoms with Crippen LogP contribution in [0, 0.1) is 45.9 Å². The zero-order valence-corrected chi connectivity index (χ0v) is 32.2. The molecule has 2 atom stereocenters. The van der Waals surface area contributed by atoms with Crippen molar-refractivity contribution in [1.82, 2.24) is 24.4 Å². The minimum absolute atomic E-state index is 0.0362. The van der Waals surface area contributed by atoms with Crippen LogP contribution in [-0.2, 0) is 33.5 Å². The highest BCUT2D eigenvalue weighted by Gasteiger charge is 2.21. The van der Waals surface area contributed by atoms with Crippen LogP contribution >= 0.6 is 0 Å². The van der Waals surface area contributed by atoms with E-state index in [0.717, 1.165) is 39.0 Å². The average Bonchev–Trinajstić information content (AvgIpc) is 3.79. The number of nitrogens with two attached hydrogens (primary N) is 1. The molecule has 6 aromatic rings. The Balaban J connectivity index is 0.000000209. The number of hydrogen-bond acceptors (Lipinski definition) is 7. The van der Waals surface area contributed by atoms with Gasteiger partial charge in [-0.3, -0.25) is 9.59 Å². The number of nitriles is 2. The van der Waals surface area contributed by atoms with Gasteiger partial charge in [0.15, 0.2) is 23.3 Å². The van der Waals surface area contributed by atoms with Gasteiger partial charge in [0.05, 0.1) is 52.7 Å². The minimum Gasteiger partial charge on any atom is -0.480 e. The predicted octanol–water partition coefficient (Wildman–Crippen LogP) is 7.90. The number of aliphatic carboxylic acids is 1. The summed E-state index contributed by atoms with van der Waals surface area (Å²) in [6, 6.07) is 24.3. The van der Waals surface area contributed by atoms with E-state index in [0.29, 0.717) is 0 Å². The highest BCUT2D eigenvalue weighted by Crippen LogP contribution is 2.26. The van der Waals surface area contributed by atoms with E-state index in [1.165, 1.54) is 29.4 Å². The molecule has 0 saturated carbocycles. The lowest BCUT2D eigenvalue weighted by atomic mass is 9.85. The highest BCUT2D eigenvalue weighted by molar-refractivity contribution is 5.81. The molecule has 4 N–H and O–H groups in total. The summed E-state index contributed by atoms with van der Waals surface area (Å²) in [6.07, 6.45) is 2.48. The summed E-state index contributed by atoms with van der Waals surface area (Å²) in [5, 5.41) is 29.5. The number of hydrogen-bond donors (Lipinski definition) is 3. The number of rotatable bonds is 9. The van der Waals surface area contributed by atoms with Gasteiger partial charge in [0.25, 0.3) is 0 Å². The van der Waals surface area contributed by atoms with Crippen molar-refractivity contribution in [3.05, 3.63) is 131 Å². The number of carbonyl (C=O) groups excluding carboxylic acids is 1. The molecule has 0 fully saturated rings. The first-order chi connectivity index (χ1) is 26.8. The first-order valence-corrected chi connectivity index (χ1v) is 17.7. The number of halogens is 4. The number of carboxylic acids is 1. The van der Waals surface area contributed by atoms with Crippen LogP contribution < -0.4 is 11.1 Å². The van der Waals surface area contributed by atoms with Crippen molar-refractivity contribution in [3.8, 4) is 12.1 Å². The molecule has 0 radical (unpaired) electrons. The monoisotopic (exact) mass is 782 g/mol. The zero-order valence-electron chi connectivity index (χ0n) is 32.2. The molecule has 0 aliphatic heterocycles. The molecule has 0 bridgehead atoms. The van der Waals surface area contributed by atoms with E-state index in [1.807, 2.05) is 90.1 Å². The Morgan fingerprint density at radius 2 is 1.12 bits per heavy atom. The summed E-state index contributed by atoms with van der Waals surface area (Å²) in [5.41, 5.74) is 8.98. The van der Waals surface area contributed by atoms with Crippen LogP contribution in [0.15, 0.2) is 85.5 Å². The third-order valence-electron chi connectivity index (χ3n) is 9.19. The Kier molecular flexibility index (Phi) is 13.6. The minimum atomic E-state index is -1.14. The predicted molar refractivity (Wildman–Crippen MR) is 206 cm³/mol. The standard InChI is InChI=1S/C21H20F2N4O.C12H16N2.C9H6F2N2O2/c1-13(14-4-6-15(7-5-14)21(2,3)11-24)26-18(28)10-27-12-25-17-9-8-16(22)19(23)20(17)27;1-9(14)10-4-6-11(7-5-10)12(2,3)8-13;10-5-1-2-6-9(8(5)11)13(4-12-6)3-7(14)15/h4-9,12-13H,10H2,1-3H3,(H,26,28);4-7,9H,14H2,1-3H3;1-2,4H,3H2,(H,14,15). The van der Waals surface area contributed by atoms with Crippen molar-refractivity contribution < 1.29 is 32.3 Å². The van der Waals surface area contributed by atoms with Crippen LogP contribution in [0.4, 0.5) is 17.6 Å². The maximum atomic E-state index is 14.0. The summed E-state index contributed by atoms with van der Waals surface area (Å²) >= 11 is 0. The van der Waals surface area contributed by atoms with Gasteiger partial charge in [-0.1, -0.05) is 48.5 Å². The Labute approximate surface area is 327 Å². The van der Waals surface area contributed by atoms with E-state index < -0.39 is 46.6 Å². The van der Waals surface area contributed by atoms with Crippen molar-refractivity contribution in [1.29, 1.82) is 10.5 Å². The van der Waals surface area contributed by atoms with Gasteiger partial charge in [0.2, 0.25) is 5.91 Å². The smallest absolute Gasteiger partial charge is 0.323 e. The fourth-order valence-corrected chi connectivity index (χ4v) is 5.63. The summed E-state index contributed by atoms with van der Waals surface area (Å²) in [7, 11) is 0. The van der Waals surface area contributed by atoms with E-state index in [9.17, 15) is 32.4 Å². The highest BCUT2D eigenvalue weighted by atomic mass is 19.2. The van der Waals surface area contributed by atoms with Crippen molar-refractivity contribution in [2.45, 2.75) is 77.5 Å². The molecular weight excluding hydrogens is 741 g/mol. The van der Waals surface area contributed by atoms with Gasteiger partial charge < -0.3 is 25.3 Å². The Hall–Kier alpha value is -6.58. The van der Waals surface area contributed by atoms with Gasteiger partial charge in [-0.25, -0.2) is 27.5 Å². The summed E-state index contributed by atoms with van der Waals surface area (Å²) in [6.45, 7) is 10.6. The van der Waals surface area contributed by atoms with Crippen LogP contribution in [0.3, 0.4) is 0 Å². The topological polar surface area (TPSA) is 176 Å². The molecule has 15 heteroatoms. The van der Waals surface area contributed by atoms with E-state index in [2.05, 4.69) is 27.4 Å². The van der Waals surface area contributed by atoms with E-state index in [4.69, 9.17) is 16.1 Å². The molecule has 2 heterocycles. The molecule has 2 aromatic heterocycles. The summed E-state index contributed by atoms with van der Waals surface area (Å²) < 4.78 is 56.1. The number of amides is 1. The van der Waals surface area contributed by atoms with Crippen molar-refractivity contribution >= 4 is 33.9 Å². The fourth-order valence-electron chi connectivity index (χ4n) is 5.63. The van der Waals surface area contributed by atoms with Crippen molar-refractivity contribution in [3.63, 3.8) is 0 Å². The second-order valence-corrected chi connectivity index (χ2v) is 14.4. The summed E-state index contributed by atoms with van der Waals surface area (Å²) in [5.74, 6) is -5.59. The normalized spacial score (nSPS) is 12.3. The van der Waals surface area contributed by atoms with Crippen LogP contribution in [0.5, 0.6) is 0 Å². The van der Waals surface area contributed by atoms with Gasteiger partial charge in [0.1, 0.15) is 24.1 Å². The molecular formula is C42H42F4N8O3. The molecule has 0 aliphatic rings. The molecule has 0 spiro atoms. The first kappa shape index (κ1) is 43.2. The van der Waals surface area contributed by atoms with Crippen LogP contribution in [0.25, 0.3) is 22.1 Å². The Morgan fingerprint density at radius 3 is 1.51 bits per heavy atom. The summed E-state index contributed by atoms with van der Waals surface area (Å²) in [4.78, 5) is 30.6. The van der Waals surface area contributed by atoms with Crippen molar-refractivity contribution in [2.75, 3.05) is 0 Å². The van der Waals surface area contributed by atoms with Crippen molar-refractivity contribution in [2.24, 2.45) is 5.73 Å². The molecule has 4 aromatic carbocycles. The third-order valence-corrected chi connectivity index (χ3v) is 9.19. The van der Waals surface area contributed by atoms with E-state index in [1.54, 1.807) is 0 Å². The van der Waals surface area contributed by atoms with Crippen LogP contribution in [0.2, 0.25) is 0 Å². The van der Waals surface area contributed by atoms with Crippen LogP contribution in [0.1, 0.15) is 75.9 Å². The number of nitrogens with zero attached hydrogens (tertiary/aromatic N) is 6. The largest absolute Gasteiger partial charge is 0.480 e. The molecule has 2 unspecified atom stereocenters. The second kappa shape index (κ2) is 17.9. The Bertz CT molecular complexity index is 2460. The lowest BCUT2D eigenvalue weighted by molar-refractivity contribution is -0.137. The molecule has 1 amide bonds. The SMILES string of the molecule is CC(N)c1ccc(C(C)(C)C#N)cc1.CC(NC(=O)Cn1cnc2ccc(F)c(F)c21)c1ccc(C(C)(C)C#N)cc1.O=C(O)Cn1cnc2ccc(F)c(F)c21. The van der Waals surface area contributed by atoms with Crippen LogP contribution in [-0.4, -0.2) is 36.1 Å². The van der Waals surface area contributed by atoms with Gasteiger partial charge in [0, 0.05) is 6.04 Å². The molecule has 296 valence electrons. The maximum Gasteiger partial charge on any atom is 0.323 e. The molecule has 11 nitrogen and oxygen atoms in total. The molecule has 0 saturated heterocycles.